The molecule has 0 aliphatic heterocycles. The first-order valence-corrected chi connectivity index (χ1v) is 10.0. The molecule has 2 rings (SSSR count). The first kappa shape index (κ1) is 23.1. The van der Waals surface area contributed by atoms with Gasteiger partial charge in [-0.3, -0.25) is 9.59 Å². The van der Waals surface area contributed by atoms with Gasteiger partial charge in [-0.15, -0.1) is 0 Å². The fraction of sp³-hybridized carbons (Fsp3) is 0.200. The van der Waals surface area contributed by atoms with Crippen molar-refractivity contribution >= 4 is 24.0 Å². The van der Waals surface area contributed by atoms with E-state index >= 15 is 0 Å². The Balaban J connectivity index is 1.67. The highest BCUT2D eigenvalue weighted by molar-refractivity contribution is 6.02. The van der Waals surface area contributed by atoms with Gasteiger partial charge < -0.3 is 10.6 Å². The van der Waals surface area contributed by atoms with Crippen LogP contribution in [0.15, 0.2) is 71.8 Å². The molecule has 0 saturated heterocycles. The van der Waals surface area contributed by atoms with Gasteiger partial charge in [-0.05, 0) is 42.5 Å². The molecular weight excluding hydrogens is 388 g/mol. The summed E-state index contributed by atoms with van der Waals surface area (Å²) in [7, 11) is 0. The number of carbonyl (C=O) groups is 2. The smallest absolute Gasteiger partial charge is 0.261 e. The molecule has 0 unspecified atom stereocenters. The molecule has 6 heteroatoms. The third-order valence-electron chi connectivity index (χ3n) is 4.38. The molecule has 0 radical (unpaired) electrons. The van der Waals surface area contributed by atoms with E-state index in [-0.39, 0.29) is 11.1 Å². The summed E-state index contributed by atoms with van der Waals surface area (Å²) in [4.78, 5) is 24.2. The molecule has 2 N–H and O–H groups in total. The van der Waals surface area contributed by atoms with Gasteiger partial charge in [0.05, 0.1) is 0 Å². The van der Waals surface area contributed by atoms with Gasteiger partial charge in [0.1, 0.15) is 23.3 Å². The lowest BCUT2D eigenvalue weighted by Crippen LogP contribution is -2.27. The van der Waals surface area contributed by atoms with Crippen LogP contribution in [0.4, 0.5) is 0 Å². The maximum atomic E-state index is 12.1. The van der Waals surface area contributed by atoms with Crippen LogP contribution in [0.5, 0.6) is 0 Å². The molecule has 2 aromatic carbocycles. The van der Waals surface area contributed by atoms with E-state index < -0.39 is 11.8 Å². The molecular formula is C25H24N4O2. The number of rotatable bonds is 10. The van der Waals surface area contributed by atoms with Gasteiger partial charge >= 0.3 is 0 Å². The first-order chi connectivity index (χ1) is 15.1. The average Bonchev–Trinajstić information content (AvgIpc) is 2.81. The first-order valence-electron chi connectivity index (χ1n) is 10.0. The number of hydrogen-bond acceptors (Lipinski definition) is 4. The Hall–Kier alpha value is -4.16. The highest BCUT2D eigenvalue weighted by Gasteiger charge is 2.09. The normalized spacial score (nSPS) is 11.2. The number of nitriles is 2. The minimum Gasteiger partial charge on any atom is -0.351 e. The number of nitrogens with zero attached hydrogens (tertiary/aromatic N) is 2. The maximum absolute atomic E-state index is 12.1. The molecule has 0 bridgehead atoms. The molecule has 2 aromatic rings. The Morgan fingerprint density at radius 1 is 0.677 bits per heavy atom. The average molecular weight is 412 g/mol. The zero-order valence-corrected chi connectivity index (χ0v) is 17.2. The van der Waals surface area contributed by atoms with Gasteiger partial charge in [-0.2, -0.15) is 10.5 Å². The van der Waals surface area contributed by atoms with Gasteiger partial charge in [0, 0.05) is 13.1 Å². The van der Waals surface area contributed by atoms with E-state index in [0.29, 0.717) is 13.1 Å². The van der Waals surface area contributed by atoms with Crippen molar-refractivity contribution < 1.29 is 9.59 Å². The molecule has 0 heterocycles. The fourth-order valence-corrected chi connectivity index (χ4v) is 2.75. The van der Waals surface area contributed by atoms with Crippen LogP contribution in [0.2, 0.25) is 0 Å². The van der Waals surface area contributed by atoms with Gasteiger partial charge in [-0.1, -0.05) is 60.7 Å². The second-order valence-electron chi connectivity index (χ2n) is 6.73. The van der Waals surface area contributed by atoms with E-state index in [1.165, 1.54) is 0 Å². The Bertz CT molecular complexity index is 929. The predicted octanol–water partition coefficient (Wildman–Crippen LogP) is 3.60. The lowest BCUT2D eigenvalue weighted by Gasteiger charge is -2.06. The molecule has 2 amide bonds. The third-order valence-corrected chi connectivity index (χ3v) is 4.38. The second-order valence-corrected chi connectivity index (χ2v) is 6.73. The fourth-order valence-electron chi connectivity index (χ4n) is 2.75. The molecule has 0 aliphatic carbocycles. The highest BCUT2D eigenvalue weighted by atomic mass is 16.2. The Morgan fingerprint density at radius 2 is 1.06 bits per heavy atom. The van der Waals surface area contributed by atoms with Crippen LogP contribution in [0.3, 0.4) is 0 Å². The lowest BCUT2D eigenvalue weighted by atomic mass is 10.1. The van der Waals surface area contributed by atoms with E-state index in [0.717, 1.165) is 30.4 Å². The van der Waals surface area contributed by atoms with Crippen LogP contribution < -0.4 is 10.6 Å². The number of nitrogens with one attached hydrogen (secondary N) is 2. The van der Waals surface area contributed by atoms with Gasteiger partial charge in [0.2, 0.25) is 0 Å². The summed E-state index contributed by atoms with van der Waals surface area (Å²) in [5.41, 5.74) is 1.71. The van der Waals surface area contributed by atoms with Crippen molar-refractivity contribution in [2.24, 2.45) is 0 Å². The molecule has 6 nitrogen and oxygen atoms in total. The summed E-state index contributed by atoms with van der Waals surface area (Å²) in [6.07, 6.45) is 5.34. The summed E-state index contributed by atoms with van der Waals surface area (Å²) >= 11 is 0. The monoisotopic (exact) mass is 412 g/mol. The third kappa shape index (κ3) is 8.39. The van der Waals surface area contributed by atoms with Crippen molar-refractivity contribution in [3.8, 4) is 12.1 Å². The number of unbranched alkanes of at least 4 members (excludes halogenated alkanes) is 2. The van der Waals surface area contributed by atoms with Crippen molar-refractivity contribution in [3.63, 3.8) is 0 Å². The van der Waals surface area contributed by atoms with E-state index in [9.17, 15) is 20.1 Å². The summed E-state index contributed by atoms with van der Waals surface area (Å²) in [5, 5.41) is 23.9. The number of benzene rings is 2. The van der Waals surface area contributed by atoms with Crippen LogP contribution in [0.25, 0.3) is 12.2 Å². The summed E-state index contributed by atoms with van der Waals surface area (Å²) in [6, 6.07) is 22.3. The highest BCUT2D eigenvalue weighted by Crippen LogP contribution is 2.07. The summed E-state index contributed by atoms with van der Waals surface area (Å²) in [5.74, 6) is -0.797. The molecule has 0 saturated carbocycles. The number of amides is 2. The minimum absolute atomic E-state index is 0.0627. The van der Waals surface area contributed by atoms with Crippen molar-refractivity contribution in [1.29, 1.82) is 10.5 Å². The topological polar surface area (TPSA) is 106 Å². The zero-order chi connectivity index (χ0) is 22.3. The SMILES string of the molecule is N#C/C(=C\c1ccccc1)C(=O)NCCCCCNC(=O)/C(C#N)=C/c1ccccc1. The van der Waals surface area contributed by atoms with Crippen LogP contribution in [-0.2, 0) is 9.59 Å². The van der Waals surface area contributed by atoms with Crippen molar-refractivity contribution in [1.82, 2.24) is 10.6 Å². The van der Waals surface area contributed by atoms with E-state index in [2.05, 4.69) is 10.6 Å². The Labute approximate surface area is 182 Å². The van der Waals surface area contributed by atoms with Crippen LogP contribution in [0.1, 0.15) is 30.4 Å². The maximum Gasteiger partial charge on any atom is 0.261 e. The van der Waals surface area contributed by atoms with Gasteiger partial charge in [0.25, 0.3) is 11.8 Å². The van der Waals surface area contributed by atoms with Crippen LogP contribution in [-0.4, -0.2) is 24.9 Å². The largest absolute Gasteiger partial charge is 0.351 e. The van der Waals surface area contributed by atoms with Crippen LogP contribution >= 0.6 is 0 Å². The van der Waals surface area contributed by atoms with Crippen molar-refractivity contribution in [2.45, 2.75) is 19.3 Å². The quantitative estimate of drug-likeness (QED) is 0.353. The van der Waals surface area contributed by atoms with E-state index in [4.69, 9.17) is 0 Å². The van der Waals surface area contributed by atoms with Crippen LogP contribution in [0, 0.1) is 22.7 Å². The molecule has 0 aromatic heterocycles. The molecule has 0 aliphatic rings. The lowest BCUT2D eigenvalue weighted by molar-refractivity contribution is -0.117. The second kappa shape index (κ2) is 13.1. The van der Waals surface area contributed by atoms with E-state index in [1.807, 2.05) is 72.8 Å². The van der Waals surface area contributed by atoms with E-state index in [1.54, 1.807) is 12.2 Å². The standard InChI is InChI=1S/C25H24N4O2/c26-18-22(16-20-10-4-1-5-11-20)24(30)28-14-8-3-9-15-29-25(31)23(19-27)17-21-12-6-2-7-13-21/h1-2,4-7,10-13,16-17H,3,8-9,14-15H2,(H,28,30)(H,29,31)/b22-16+,23-17+. The Morgan fingerprint density at radius 3 is 1.42 bits per heavy atom. The zero-order valence-electron chi connectivity index (χ0n) is 17.2. The molecule has 31 heavy (non-hydrogen) atoms. The molecule has 0 fully saturated rings. The number of carbonyl (C=O) groups excluding carboxylic acids is 2. The summed E-state index contributed by atoms with van der Waals surface area (Å²) < 4.78 is 0. The molecule has 0 spiro atoms. The van der Waals surface area contributed by atoms with Gasteiger partial charge in [0.15, 0.2) is 0 Å². The van der Waals surface area contributed by atoms with Gasteiger partial charge in [-0.25, -0.2) is 0 Å². The Kier molecular flexibility index (Phi) is 9.80. The predicted molar refractivity (Wildman–Crippen MR) is 120 cm³/mol. The molecule has 0 atom stereocenters. The van der Waals surface area contributed by atoms with Crippen molar-refractivity contribution in [3.05, 3.63) is 82.9 Å². The summed E-state index contributed by atoms with van der Waals surface area (Å²) in [6.45, 7) is 0.885. The minimum atomic E-state index is -0.399. The number of hydrogen-bond donors (Lipinski definition) is 2. The van der Waals surface area contributed by atoms with Crippen molar-refractivity contribution in [2.75, 3.05) is 13.1 Å². The molecule has 156 valence electrons.